The Morgan fingerprint density at radius 2 is 2.05 bits per heavy atom. The zero-order valence-corrected chi connectivity index (χ0v) is 10.8. The molecule has 0 bridgehead atoms. The van der Waals surface area contributed by atoms with E-state index in [1.807, 2.05) is 0 Å². The molecule has 0 aliphatic rings. The number of hydrogen-bond donors (Lipinski definition) is 2. The molecule has 1 aromatic carbocycles. The van der Waals surface area contributed by atoms with Crippen molar-refractivity contribution in [2.75, 3.05) is 0 Å². The fourth-order valence-corrected chi connectivity index (χ4v) is 1.91. The van der Waals surface area contributed by atoms with Crippen molar-refractivity contribution in [2.45, 2.75) is 32.1 Å². The van der Waals surface area contributed by atoms with Crippen LogP contribution < -0.4 is 10.9 Å². The lowest BCUT2D eigenvalue weighted by molar-refractivity contribution is -0.139. The van der Waals surface area contributed by atoms with E-state index in [-0.39, 0.29) is 12.1 Å². The number of para-hydroxylation sites is 1. The van der Waals surface area contributed by atoms with E-state index in [1.54, 1.807) is 24.3 Å². The maximum absolute atomic E-state index is 12.2. The number of nitrogens with zero attached hydrogens (tertiary/aromatic N) is 1. The Kier molecular flexibility index (Phi) is 4.08. The van der Waals surface area contributed by atoms with Crippen LogP contribution in [-0.2, 0) is 6.54 Å². The Balaban J connectivity index is 2.09. The van der Waals surface area contributed by atoms with Crippen molar-refractivity contribution < 1.29 is 13.2 Å². The molecule has 108 valence electrons. The summed E-state index contributed by atoms with van der Waals surface area (Å²) in [4.78, 5) is 18.5. The number of nitrogens with one attached hydrogen (secondary N) is 2. The van der Waals surface area contributed by atoms with Crippen LogP contribution in [0.4, 0.5) is 13.2 Å². The molecule has 2 aromatic rings. The Morgan fingerprint density at radius 1 is 1.35 bits per heavy atom. The first kappa shape index (κ1) is 14.5. The van der Waals surface area contributed by atoms with Crippen LogP contribution in [0.3, 0.4) is 0 Å². The number of rotatable bonds is 4. The molecule has 0 aliphatic heterocycles. The summed E-state index contributed by atoms with van der Waals surface area (Å²) in [7, 11) is 0. The van der Waals surface area contributed by atoms with Gasteiger partial charge in [0.2, 0.25) is 0 Å². The highest BCUT2D eigenvalue weighted by molar-refractivity contribution is 5.77. The number of aromatic amines is 1. The van der Waals surface area contributed by atoms with Crippen LogP contribution in [0.2, 0.25) is 0 Å². The molecule has 0 saturated heterocycles. The third kappa shape index (κ3) is 3.80. The van der Waals surface area contributed by atoms with E-state index in [1.165, 1.54) is 6.92 Å². The SMILES string of the molecule is CC(CC(F)(F)F)NCc1nc2ccccc2c(=O)[nH]1. The normalized spacial score (nSPS) is 13.6. The number of aromatic nitrogens is 2. The first-order valence-electron chi connectivity index (χ1n) is 6.13. The maximum atomic E-state index is 12.2. The molecule has 0 aliphatic carbocycles. The molecular weight excluding hydrogens is 271 g/mol. The first-order chi connectivity index (χ1) is 9.35. The minimum Gasteiger partial charge on any atom is -0.309 e. The molecule has 0 radical (unpaired) electrons. The topological polar surface area (TPSA) is 57.8 Å². The average molecular weight is 285 g/mol. The third-order valence-electron chi connectivity index (χ3n) is 2.82. The van der Waals surface area contributed by atoms with Gasteiger partial charge in [-0.05, 0) is 19.1 Å². The number of hydrogen-bond acceptors (Lipinski definition) is 3. The van der Waals surface area contributed by atoms with Crippen molar-refractivity contribution in [3.8, 4) is 0 Å². The molecule has 20 heavy (non-hydrogen) atoms. The molecule has 0 saturated carbocycles. The van der Waals surface area contributed by atoms with Gasteiger partial charge in [0.15, 0.2) is 0 Å². The van der Waals surface area contributed by atoms with Gasteiger partial charge in [-0.1, -0.05) is 12.1 Å². The summed E-state index contributed by atoms with van der Waals surface area (Å²) < 4.78 is 36.6. The van der Waals surface area contributed by atoms with Gasteiger partial charge in [-0.15, -0.1) is 0 Å². The largest absolute Gasteiger partial charge is 0.390 e. The minimum atomic E-state index is -4.21. The van der Waals surface area contributed by atoms with Crippen molar-refractivity contribution in [1.29, 1.82) is 0 Å². The van der Waals surface area contributed by atoms with Gasteiger partial charge in [0.25, 0.3) is 5.56 Å². The van der Waals surface area contributed by atoms with Crippen molar-refractivity contribution in [2.24, 2.45) is 0 Å². The highest BCUT2D eigenvalue weighted by atomic mass is 19.4. The Labute approximate surface area is 113 Å². The molecular formula is C13H14F3N3O. The summed E-state index contributed by atoms with van der Waals surface area (Å²) in [6.45, 7) is 1.52. The lowest BCUT2D eigenvalue weighted by Gasteiger charge is -2.15. The molecule has 7 heteroatoms. The van der Waals surface area contributed by atoms with E-state index >= 15 is 0 Å². The van der Waals surface area contributed by atoms with Crippen molar-refractivity contribution >= 4 is 10.9 Å². The second kappa shape index (κ2) is 5.62. The summed E-state index contributed by atoms with van der Waals surface area (Å²) in [6.07, 6.45) is -5.14. The van der Waals surface area contributed by atoms with Crippen LogP contribution in [-0.4, -0.2) is 22.2 Å². The molecule has 1 unspecified atom stereocenters. The quantitative estimate of drug-likeness (QED) is 0.906. The van der Waals surface area contributed by atoms with E-state index in [0.717, 1.165) is 0 Å². The molecule has 4 nitrogen and oxygen atoms in total. The van der Waals surface area contributed by atoms with E-state index in [2.05, 4.69) is 15.3 Å². The lowest BCUT2D eigenvalue weighted by Crippen LogP contribution is -2.31. The fourth-order valence-electron chi connectivity index (χ4n) is 1.91. The van der Waals surface area contributed by atoms with Gasteiger partial charge in [0.1, 0.15) is 5.82 Å². The van der Waals surface area contributed by atoms with E-state index in [0.29, 0.717) is 16.7 Å². The number of fused-ring (bicyclic) bond motifs is 1. The number of benzene rings is 1. The van der Waals surface area contributed by atoms with Crippen LogP contribution in [0.25, 0.3) is 10.9 Å². The third-order valence-corrected chi connectivity index (χ3v) is 2.82. The lowest BCUT2D eigenvalue weighted by atomic mass is 10.2. The Bertz CT molecular complexity index is 651. The van der Waals surface area contributed by atoms with Gasteiger partial charge >= 0.3 is 6.18 Å². The second-order valence-corrected chi connectivity index (χ2v) is 4.63. The summed E-state index contributed by atoms with van der Waals surface area (Å²) in [5.41, 5.74) is 0.229. The summed E-state index contributed by atoms with van der Waals surface area (Å²) >= 11 is 0. The fraction of sp³-hybridized carbons (Fsp3) is 0.385. The number of H-pyrrole nitrogens is 1. The number of alkyl halides is 3. The summed E-state index contributed by atoms with van der Waals surface area (Å²) in [5, 5.41) is 3.15. The van der Waals surface area contributed by atoms with Gasteiger partial charge in [-0.3, -0.25) is 4.79 Å². The van der Waals surface area contributed by atoms with Crippen LogP contribution in [0, 0.1) is 0 Å². The molecule has 2 N–H and O–H groups in total. The maximum Gasteiger partial charge on any atom is 0.390 e. The van der Waals surface area contributed by atoms with Crippen LogP contribution >= 0.6 is 0 Å². The smallest absolute Gasteiger partial charge is 0.309 e. The van der Waals surface area contributed by atoms with Crippen molar-refractivity contribution in [3.63, 3.8) is 0 Å². The van der Waals surface area contributed by atoms with E-state index in [9.17, 15) is 18.0 Å². The van der Waals surface area contributed by atoms with E-state index < -0.39 is 18.6 Å². The van der Waals surface area contributed by atoms with Crippen LogP contribution in [0.1, 0.15) is 19.2 Å². The van der Waals surface area contributed by atoms with Gasteiger partial charge < -0.3 is 10.3 Å². The monoisotopic (exact) mass is 285 g/mol. The highest BCUT2D eigenvalue weighted by Gasteiger charge is 2.29. The van der Waals surface area contributed by atoms with Crippen molar-refractivity contribution in [1.82, 2.24) is 15.3 Å². The predicted octanol–water partition coefficient (Wildman–Crippen LogP) is 2.35. The summed E-state index contributed by atoms with van der Waals surface area (Å²) in [6, 6.07) is 6.06. The second-order valence-electron chi connectivity index (χ2n) is 4.63. The first-order valence-corrected chi connectivity index (χ1v) is 6.13. The molecule has 1 aromatic heterocycles. The molecule has 2 rings (SSSR count). The van der Waals surface area contributed by atoms with Gasteiger partial charge in [0.05, 0.1) is 23.9 Å². The Hall–Kier alpha value is -1.89. The number of halogens is 3. The van der Waals surface area contributed by atoms with Crippen molar-refractivity contribution in [3.05, 3.63) is 40.4 Å². The molecule has 0 spiro atoms. The summed E-state index contributed by atoms with van der Waals surface area (Å²) in [5.74, 6) is 0.322. The van der Waals surface area contributed by atoms with Crippen LogP contribution in [0.15, 0.2) is 29.1 Å². The average Bonchev–Trinajstić information content (AvgIpc) is 2.34. The van der Waals surface area contributed by atoms with Crippen LogP contribution in [0.5, 0.6) is 0 Å². The predicted molar refractivity (Wildman–Crippen MR) is 69.3 cm³/mol. The van der Waals surface area contributed by atoms with Gasteiger partial charge in [-0.2, -0.15) is 13.2 Å². The molecule has 0 amide bonds. The molecule has 0 fully saturated rings. The van der Waals surface area contributed by atoms with Gasteiger partial charge in [0, 0.05) is 6.04 Å². The standard InChI is InChI=1S/C13H14F3N3O/c1-8(6-13(14,15)16)17-7-11-18-10-5-3-2-4-9(10)12(20)19-11/h2-5,8,17H,6-7H2,1H3,(H,18,19,20). The zero-order valence-electron chi connectivity index (χ0n) is 10.8. The highest BCUT2D eigenvalue weighted by Crippen LogP contribution is 2.21. The van der Waals surface area contributed by atoms with E-state index in [4.69, 9.17) is 0 Å². The Morgan fingerprint density at radius 3 is 2.75 bits per heavy atom. The molecule has 1 heterocycles. The molecule has 1 atom stereocenters. The minimum absolute atomic E-state index is 0.0807. The zero-order chi connectivity index (χ0) is 14.8. The van der Waals surface area contributed by atoms with Gasteiger partial charge in [-0.25, -0.2) is 4.98 Å².